The molecule has 0 aliphatic rings. The molecule has 0 aliphatic carbocycles. The highest BCUT2D eigenvalue weighted by atomic mass is 16.2. The summed E-state index contributed by atoms with van der Waals surface area (Å²) in [6.07, 6.45) is 7.11. The first-order valence-corrected chi connectivity index (χ1v) is 8.69. The summed E-state index contributed by atoms with van der Waals surface area (Å²) in [5.74, 6) is 0.412. The first-order valence-electron chi connectivity index (χ1n) is 8.69. The second-order valence-corrected chi connectivity index (χ2v) is 6.72. The van der Waals surface area contributed by atoms with Crippen LogP contribution in [0.25, 0.3) is 17.0 Å². The number of rotatable bonds is 5. The van der Waals surface area contributed by atoms with Crippen LogP contribution in [-0.2, 0) is 11.3 Å². The molecule has 5 heteroatoms. The largest absolute Gasteiger partial charge is 0.384 e. The number of nitrogens with two attached hydrogens (primary N) is 1. The predicted octanol–water partition coefficient (Wildman–Crippen LogP) is 3.87. The predicted molar refractivity (Wildman–Crippen MR) is 106 cm³/mol. The minimum Gasteiger partial charge on any atom is -0.384 e. The third-order valence-corrected chi connectivity index (χ3v) is 4.39. The number of carbonyl (C=O) groups excluding carboxylic acids is 1. The molecule has 0 radical (unpaired) electrons. The molecule has 0 aliphatic heterocycles. The Bertz CT molecular complexity index is 938. The molecule has 3 rings (SSSR count). The van der Waals surface area contributed by atoms with Crippen molar-refractivity contribution in [1.82, 2.24) is 14.5 Å². The summed E-state index contributed by atoms with van der Waals surface area (Å²) in [4.78, 5) is 18.2. The summed E-state index contributed by atoms with van der Waals surface area (Å²) in [6.45, 7) is 4.88. The first-order chi connectivity index (χ1) is 12.5. The number of fused-ring (bicyclic) bond motifs is 1. The summed E-state index contributed by atoms with van der Waals surface area (Å²) in [6, 6.07) is 12.2. The molecule has 134 valence electrons. The molecule has 0 unspecified atom stereocenters. The molecule has 0 saturated carbocycles. The fourth-order valence-electron chi connectivity index (χ4n) is 2.97. The molecule has 2 N–H and O–H groups in total. The van der Waals surface area contributed by atoms with Gasteiger partial charge >= 0.3 is 0 Å². The zero-order valence-corrected chi connectivity index (χ0v) is 15.4. The number of likely N-dealkylation sites (N-methyl/N-ethyl adjacent to an activating group) is 1. The lowest BCUT2D eigenvalue weighted by molar-refractivity contribution is -0.125. The number of hydrogen-bond donors (Lipinski definition) is 1. The third-order valence-electron chi connectivity index (χ3n) is 4.39. The second kappa shape index (κ2) is 7.44. The van der Waals surface area contributed by atoms with E-state index >= 15 is 0 Å². The highest BCUT2D eigenvalue weighted by Crippen LogP contribution is 2.25. The van der Waals surface area contributed by atoms with Gasteiger partial charge in [-0.3, -0.25) is 4.79 Å². The van der Waals surface area contributed by atoms with E-state index in [0.717, 1.165) is 11.1 Å². The van der Waals surface area contributed by atoms with E-state index < -0.39 is 0 Å². The van der Waals surface area contributed by atoms with Crippen LogP contribution < -0.4 is 5.73 Å². The molecule has 0 fully saturated rings. The summed E-state index contributed by atoms with van der Waals surface area (Å²) in [7, 11) is 1.81. The van der Waals surface area contributed by atoms with Crippen molar-refractivity contribution in [3.8, 4) is 0 Å². The lowest BCUT2D eigenvalue weighted by atomic mass is 10.1. The van der Waals surface area contributed by atoms with Crippen LogP contribution in [-0.4, -0.2) is 27.4 Å². The number of amides is 1. The quantitative estimate of drug-likeness (QED) is 0.712. The minimum atomic E-state index is -0.0526. The van der Waals surface area contributed by atoms with Gasteiger partial charge in [0.25, 0.3) is 0 Å². The Labute approximate surface area is 153 Å². The minimum absolute atomic E-state index is 0.0526. The molecule has 0 atom stereocenters. The molecule has 0 bridgehead atoms. The molecule has 26 heavy (non-hydrogen) atoms. The molecule has 2 heterocycles. The summed E-state index contributed by atoms with van der Waals surface area (Å²) < 4.78 is 2.25. The molecule has 2 aromatic heterocycles. The summed E-state index contributed by atoms with van der Waals surface area (Å²) in [5.41, 5.74) is 8.76. The molecule has 1 aromatic carbocycles. The Morgan fingerprint density at radius 3 is 2.73 bits per heavy atom. The number of nitrogen functional groups attached to an aromatic ring is 1. The van der Waals surface area contributed by atoms with Crippen LogP contribution in [0.15, 0.2) is 54.9 Å². The number of nitrogens with zero attached hydrogens (tertiary/aromatic N) is 3. The summed E-state index contributed by atoms with van der Waals surface area (Å²) in [5, 5.41) is 1.19. The average molecular weight is 348 g/mol. The van der Waals surface area contributed by atoms with Crippen LogP contribution in [0.2, 0.25) is 0 Å². The fourth-order valence-corrected chi connectivity index (χ4v) is 2.97. The van der Waals surface area contributed by atoms with Gasteiger partial charge in [-0.25, -0.2) is 4.98 Å². The molecule has 0 spiro atoms. The molecular weight excluding hydrogens is 324 g/mol. The maximum Gasteiger partial charge on any atom is 0.246 e. The van der Waals surface area contributed by atoms with Gasteiger partial charge in [0, 0.05) is 49.0 Å². The highest BCUT2D eigenvalue weighted by Gasteiger charge is 2.13. The van der Waals surface area contributed by atoms with E-state index in [1.54, 1.807) is 29.3 Å². The van der Waals surface area contributed by atoms with E-state index in [4.69, 9.17) is 5.73 Å². The van der Waals surface area contributed by atoms with Crippen LogP contribution in [0.4, 0.5) is 5.82 Å². The van der Waals surface area contributed by atoms with Gasteiger partial charge in [-0.1, -0.05) is 18.2 Å². The highest BCUT2D eigenvalue weighted by molar-refractivity contribution is 5.92. The average Bonchev–Trinajstić information content (AvgIpc) is 3.00. The van der Waals surface area contributed by atoms with Crippen LogP contribution in [0, 0.1) is 0 Å². The smallest absolute Gasteiger partial charge is 0.246 e. The molecule has 5 nitrogen and oxygen atoms in total. The van der Waals surface area contributed by atoms with Crippen LogP contribution in [0.5, 0.6) is 0 Å². The number of hydrogen-bond acceptors (Lipinski definition) is 3. The van der Waals surface area contributed by atoms with E-state index in [1.165, 1.54) is 10.9 Å². The third kappa shape index (κ3) is 3.77. The fraction of sp³-hybridized carbons (Fsp3) is 0.238. The normalized spacial score (nSPS) is 11.5. The summed E-state index contributed by atoms with van der Waals surface area (Å²) >= 11 is 0. The topological polar surface area (TPSA) is 64.2 Å². The molecule has 3 aromatic rings. The van der Waals surface area contributed by atoms with Gasteiger partial charge in [-0.2, -0.15) is 0 Å². The van der Waals surface area contributed by atoms with Crippen LogP contribution >= 0.6 is 0 Å². The van der Waals surface area contributed by atoms with Gasteiger partial charge < -0.3 is 15.2 Å². The van der Waals surface area contributed by atoms with E-state index in [-0.39, 0.29) is 5.91 Å². The lowest BCUT2D eigenvalue weighted by Gasteiger charge is -2.14. The van der Waals surface area contributed by atoms with E-state index in [0.29, 0.717) is 18.4 Å². The van der Waals surface area contributed by atoms with Gasteiger partial charge in [0.1, 0.15) is 5.82 Å². The lowest BCUT2D eigenvalue weighted by Crippen LogP contribution is -2.24. The van der Waals surface area contributed by atoms with Gasteiger partial charge in [-0.15, -0.1) is 0 Å². The second-order valence-electron chi connectivity index (χ2n) is 6.72. The number of carbonyl (C=O) groups is 1. The maximum atomic E-state index is 12.5. The van der Waals surface area contributed by atoms with Crippen molar-refractivity contribution in [3.05, 3.63) is 66.0 Å². The zero-order valence-electron chi connectivity index (χ0n) is 15.4. The standard InChI is InChI=1S/C21H24N4O/c1-15(2)25-14-17(18-6-4-5-7-19(18)25)13-24(3)21(26)11-9-16-8-10-20(22)23-12-16/h4-12,14-15H,13H2,1-3H3,(H2,22,23)/b11-9+. The van der Waals surface area contributed by atoms with Crippen molar-refractivity contribution in [2.45, 2.75) is 26.4 Å². The van der Waals surface area contributed by atoms with Crippen molar-refractivity contribution in [1.29, 1.82) is 0 Å². The number of benzene rings is 1. The number of anilines is 1. The van der Waals surface area contributed by atoms with Gasteiger partial charge in [-0.05, 0) is 49.2 Å². The van der Waals surface area contributed by atoms with Crippen LogP contribution in [0.3, 0.4) is 0 Å². The SMILES string of the molecule is CC(C)n1cc(CN(C)C(=O)/C=C/c2ccc(N)nc2)c2ccccc21. The molecule has 0 saturated heterocycles. The van der Waals surface area contributed by atoms with Crippen LogP contribution in [0.1, 0.15) is 31.0 Å². The zero-order chi connectivity index (χ0) is 18.7. The number of aromatic nitrogens is 2. The number of para-hydroxylation sites is 1. The Balaban J connectivity index is 1.77. The van der Waals surface area contributed by atoms with E-state index in [1.807, 2.05) is 25.2 Å². The van der Waals surface area contributed by atoms with Gasteiger partial charge in [0.2, 0.25) is 5.91 Å². The Morgan fingerprint density at radius 1 is 1.27 bits per heavy atom. The van der Waals surface area contributed by atoms with Crippen molar-refractivity contribution < 1.29 is 4.79 Å². The molecule has 1 amide bonds. The van der Waals surface area contributed by atoms with Gasteiger partial charge in [0.15, 0.2) is 0 Å². The first kappa shape index (κ1) is 17.7. The van der Waals surface area contributed by atoms with E-state index in [2.05, 4.69) is 41.7 Å². The maximum absolute atomic E-state index is 12.5. The van der Waals surface area contributed by atoms with E-state index in [9.17, 15) is 4.79 Å². The van der Waals surface area contributed by atoms with Crippen molar-refractivity contribution >= 4 is 28.7 Å². The van der Waals surface area contributed by atoms with Crippen molar-refractivity contribution in [3.63, 3.8) is 0 Å². The Kier molecular flexibility index (Phi) is 5.07. The number of pyridine rings is 1. The Hall–Kier alpha value is -3.08. The monoisotopic (exact) mass is 348 g/mol. The van der Waals surface area contributed by atoms with Crippen molar-refractivity contribution in [2.24, 2.45) is 0 Å². The van der Waals surface area contributed by atoms with Crippen molar-refractivity contribution in [2.75, 3.05) is 12.8 Å². The van der Waals surface area contributed by atoms with Gasteiger partial charge in [0.05, 0.1) is 0 Å². The Morgan fingerprint density at radius 2 is 2.04 bits per heavy atom. The molecular formula is C21H24N4O.